The Balaban J connectivity index is 1.17. The van der Waals surface area contributed by atoms with Crippen LogP contribution in [0.1, 0.15) is 17.0 Å². The zero-order chi connectivity index (χ0) is 22.2. The molecular formula is C25H22N2O4S. The molecule has 4 rings (SSSR count). The number of aryl methyl sites for hydroxylation is 1. The summed E-state index contributed by atoms with van der Waals surface area (Å²) in [4.78, 5) is 28.5. The molecule has 0 spiro atoms. The number of thiazole rings is 1. The van der Waals surface area contributed by atoms with Gasteiger partial charge in [-0.15, -0.1) is 11.3 Å². The number of fused-ring (bicyclic) bond motifs is 1. The van der Waals surface area contributed by atoms with Crippen LogP contribution >= 0.6 is 11.3 Å². The molecule has 1 heterocycles. The fourth-order valence-electron chi connectivity index (χ4n) is 3.03. The average molecular weight is 447 g/mol. The number of hydrogen-bond donors (Lipinski definition) is 1. The topological polar surface area (TPSA) is 77.5 Å². The Hall–Kier alpha value is -3.71. The van der Waals surface area contributed by atoms with Crippen LogP contribution in [0.25, 0.3) is 10.2 Å². The summed E-state index contributed by atoms with van der Waals surface area (Å²) in [6.07, 6.45) is 0.671. The number of ether oxygens (including phenoxy) is 2. The van der Waals surface area contributed by atoms with E-state index < -0.39 is 11.9 Å². The molecule has 7 heteroatoms. The molecule has 0 atom stereocenters. The van der Waals surface area contributed by atoms with Crippen LogP contribution in [0.15, 0.2) is 78.9 Å². The smallest absolute Gasteiger partial charge is 0.306 e. The first kappa shape index (κ1) is 21.5. The Bertz CT molecular complexity index is 1160. The molecular weight excluding hydrogens is 424 g/mol. The molecule has 1 aromatic heterocycles. The minimum Gasteiger partial charge on any atom is -0.489 e. The summed E-state index contributed by atoms with van der Waals surface area (Å²) in [6.45, 7) is 0.143. The van der Waals surface area contributed by atoms with Gasteiger partial charge in [0.25, 0.3) is 5.91 Å². The maximum Gasteiger partial charge on any atom is 0.306 e. The van der Waals surface area contributed by atoms with Gasteiger partial charge >= 0.3 is 5.97 Å². The van der Waals surface area contributed by atoms with Crippen LogP contribution in [0.4, 0.5) is 5.69 Å². The summed E-state index contributed by atoms with van der Waals surface area (Å²) >= 11 is 1.56. The maximum atomic E-state index is 12.1. The van der Waals surface area contributed by atoms with Gasteiger partial charge in [0.2, 0.25) is 0 Å². The number of aromatic nitrogens is 1. The van der Waals surface area contributed by atoms with Gasteiger partial charge in [-0.3, -0.25) is 9.59 Å². The monoisotopic (exact) mass is 446 g/mol. The molecule has 0 unspecified atom stereocenters. The Morgan fingerprint density at radius 2 is 1.66 bits per heavy atom. The SMILES string of the molecule is O=C(COC(=O)CCc1nc2ccccc2s1)Nc1ccc(OCc2ccccc2)cc1. The Morgan fingerprint density at radius 3 is 2.44 bits per heavy atom. The van der Waals surface area contributed by atoms with Gasteiger partial charge < -0.3 is 14.8 Å². The van der Waals surface area contributed by atoms with Crippen molar-refractivity contribution < 1.29 is 19.1 Å². The van der Waals surface area contributed by atoms with Crippen LogP contribution in [0.2, 0.25) is 0 Å². The molecule has 0 saturated heterocycles. The molecule has 0 fully saturated rings. The van der Waals surface area contributed by atoms with Crippen molar-refractivity contribution in [1.82, 2.24) is 4.98 Å². The van der Waals surface area contributed by atoms with Crippen LogP contribution < -0.4 is 10.1 Å². The number of rotatable bonds is 9. The summed E-state index contributed by atoms with van der Waals surface area (Å²) in [7, 11) is 0. The third-order valence-electron chi connectivity index (χ3n) is 4.63. The van der Waals surface area contributed by atoms with Crippen LogP contribution in [-0.4, -0.2) is 23.5 Å². The standard InChI is InChI=1S/C25H22N2O4S/c28-23(17-31-25(29)15-14-24-27-21-8-4-5-9-22(21)32-24)26-19-10-12-20(13-11-19)30-16-18-6-2-1-3-7-18/h1-13H,14-17H2,(H,26,28). The van der Waals surface area contributed by atoms with Crippen LogP contribution in [0.5, 0.6) is 5.75 Å². The van der Waals surface area contributed by atoms with Crippen molar-refractivity contribution in [1.29, 1.82) is 0 Å². The number of nitrogens with zero attached hydrogens (tertiary/aromatic N) is 1. The van der Waals surface area contributed by atoms with E-state index in [4.69, 9.17) is 9.47 Å². The average Bonchev–Trinajstić information content (AvgIpc) is 3.25. The summed E-state index contributed by atoms with van der Waals surface area (Å²) < 4.78 is 11.9. The minimum absolute atomic E-state index is 0.181. The molecule has 0 saturated carbocycles. The van der Waals surface area contributed by atoms with E-state index in [1.807, 2.05) is 54.6 Å². The first-order chi connectivity index (χ1) is 15.7. The lowest BCUT2D eigenvalue weighted by molar-refractivity contribution is -0.147. The van der Waals surface area contributed by atoms with Crippen molar-refractivity contribution in [3.63, 3.8) is 0 Å². The van der Waals surface area contributed by atoms with Gasteiger partial charge in [0, 0.05) is 12.1 Å². The summed E-state index contributed by atoms with van der Waals surface area (Å²) in [5, 5.41) is 3.58. The zero-order valence-corrected chi connectivity index (χ0v) is 18.1. The number of anilines is 1. The molecule has 3 aromatic carbocycles. The van der Waals surface area contributed by atoms with Crippen LogP contribution in [0, 0.1) is 0 Å². The number of nitrogens with one attached hydrogen (secondary N) is 1. The lowest BCUT2D eigenvalue weighted by Gasteiger charge is -2.09. The molecule has 4 aromatic rings. The van der Waals surface area contributed by atoms with Crippen LogP contribution in [-0.2, 0) is 27.4 Å². The summed E-state index contributed by atoms with van der Waals surface area (Å²) in [5.74, 6) is -0.117. The minimum atomic E-state index is -0.427. The van der Waals surface area contributed by atoms with E-state index in [9.17, 15) is 9.59 Å². The molecule has 0 bridgehead atoms. The van der Waals surface area contributed by atoms with E-state index in [-0.39, 0.29) is 13.0 Å². The Morgan fingerprint density at radius 1 is 0.906 bits per heavy atom. The van der Waals surface area contributed by atoms with Crippen molar-refractivity contribution in [2.24, 2.45) is 0 Å². The van der Waals surface area contributed by atoms with E-state index >= 15 is 0 Å². The van der Waals surface area contributed by atoms with Gasteiger partial charge in [-0.2, -0.15) is 0 Å². The first-order valence-corrected chi connectivity index (χ1v) is 11.0. The second kappa shape index (κ2) is 10.5. The fraction of sp³-hybridized carbons (Fsp3) is 0.160. The largest absolute Gasteiger partial charge is 0.489 e. The van der Waals surface area contributed by atoms with Gasteiger partial charge in [-0.25, -0.2) is 4.98 Å². The summed E-state index contributed by atoms with van der Waals surface area (Å²) in [6, 6.07) is 24.8. The number of carbonyl (C=O) groups is 2. The predicted molar refractivity (Wildman–Crippen MR) is 125 cm³/mol. The number of para-hydroxylation sites is 1. The highest BCUT2D eigenvalue weighted by Gasteiger charge is 2.10. The lowest BCUT2D eigenvalue weighted by Crippen LogP contribution is -2.21. The van der Waals surface area contributed by atoms with Gasteiger partial charge in [0.1, 0.15) is 12.4 Å². The van der Waals surface area contributed by atoms with E-state index in [1.165, 1.54) is 0 Å². The van der Waals surface area contributed by atoms with Gasteiger partial charge in [-0.1, -0.05) is 42.5 Å². The highest BCUT2D eigenvalue weighted by atomic mass is 32.1. The zero-order valence-electron chi connectivity index (χ0n) is 17.3. The number of esters is 1. The molecule has 6 nitrogen and oxygen atoms in total. The second-order valence-corrected chi connectivity index (χ2v) is 8.20. The molecule has 0 aliphatic rings. The predicted octanol–water partition coefficient (Wildman–Crippen LogP) is 4.99. The molecule has 0 aliphatic carbocycles. The molecule has 1 N–H and O–H groups in total. The molecule has 0 radical (unpaired) electrons. The molecule has 1 amide bonds. The van der Waals surface area contributed by atoms with E-state index in [0.717, 1.165) is 20.8 Å². The fourth-order valence-corrected chi connectivity index (χ4v) is 3.99. The number of amides is 1. The van der Waals surface area contributed by atoms with Crippen molar-refractivity contribution in [3.05, 3.63) is 89.4 Å². The highest BCUT2D eigenvalue weighted by molar-refractivity contribution is 7.18. The summed E-state index contributed by atoms with van der Waals surface area (Å²) in [5.41, 5.74) is 2.61. The van der Waals surface area contributed by atoms with Crippen molar-refractivity contribution in [2.45, 2.75) is 19.4 Å². The molecule has 0 aliphatic heterocycles. The van der Waals surface area contributed by atoms with Gasteiger partial charge in [0.05, 0.1) is 21.6 Å². The normalized spacial score (nSPS) is 10.6. The third kappa shape index (κ3) is 6.15. The van der Waals surface area contributed by atoms with Gasteiger partial charge in [0.15, 0.2) is 6.61 Å². The third-order valence-corrected chi connectivity index (χ3v) is 5.73. The lowest BCUT2D eigenvalue weighted by atomic mass is 10.2. The second-order valence-electron chi connectivity index (χ2n) is 7.08. The molecule has 162 valence electrons. The van der Waals surface area contributed by atoms with Crippen molar-refractivity contribution >= 4 is 39.1 Å². The molecule has 32 heavy (non-hydrogen) atoms. The maximum absolute atomic E-state index is 12.1. The van der Waals surface area contributed by atoms with Crippen molar-refractivity contribution in [3.8, 4) is 5.75 Å². The van der Waals surface area contributed by atoms with E-state index in [1.54, 1.807) is 35.6 Å². The number of hydrogen-bond acceptors (Lipinski definition) is 6. The quantitative estimate of drug-likeness (QED) is 0.367. The van der Waals surface area contributed by atoms with Crippen LogP contribution in [0.3, 0.4) is 0 Å². The van der Waals surface area contributed by atoms with Gasteiger partial charge in [-0.05, 0) is 42.0 Å². The van der Waals surface area contributed by atoms with E-state index in [0.29, 0.717) is 24.5 Å². The van der Waals surface area contributed by atoms with Crippen molar-refractivity contribution in [2.75, 3.05) is 11.9 Å². The number of carbonyl (C=O) groups excluding carboxylic acids is 2. The first-order valence-electron chi connectivity index (χ1n) is 10.2. The van der Waals surface area contributed by atoms with E-state index in [2.05, 4.69) is 10.3 Å². The Kier molecular flexibility index (Phi) is 7.09. The highest BCUT2D eigenvalue weighted by Crippen LogP contribution is 2.22. The number of benzene rings is 3. The Labute approximate surface area is 189 Å².